The fourth-order valence-electron chi connectivity index (χ4n) is 2.18. The number of carbonyl (C=O) groups is 1. The first kappa shape index (κ1) is 12.3. The van der Waals surface area contributed by atoms with E-state index in [-0.39, 0.29) is 5.91 Å². The molecule has 2 aromatic carbocycles. The van der Waals surface area contributed by atoms with Crippen molar-refractivity contribution in [2.45, 2.75) is 6.92 Å². The summed E-state index contributed by atoms with van der Waals surface area (Å²) in [5.41, 5.74) is 9.68. The van der Waals surface area contributed by atoms with Crippen LogP contribution >= 0.6 is 0 Å². The van der Waals surface area contributed by atoms with Gasteiger partial charge in [0.15, 0.2) is 0 Å². The second kappa shape index (κ2) is 4.74. The zero-order valence-electron chi connectivity index (χ0n) is 11.1. The Morgan fingerprint density at radius 2 is 1.95 bits per heavy atom. The molecule has 0 aliphatic carbocycles. The molecule has 0 aliphatic rings. The standard InChI is InChI=1S/C16H15N3O/c1-10-4-2-3-5-13(10)19-16(20)15-9-11-8-12(17)6-7-14(11)18-15/h2-9,18H,17H2,1H3,(H,19,20). The first-order valence-electron chi connectivity index (χ1n) is 6.39. The predicted octanol–water partition coefficient (Wildman–Crippen LogP) is 3.31. The van der Waals surface area contributed by atoms with Gasteiger partial charge in [-0.2, -0.15) is 0 Å². The van der Waals surface area contributed by atoms with E-state index in [1.165, 1.54) is 0 Å². The summed E-state index contributed by atoms with van der Waals surface area (Å²) in [7, 11) is 0. The minimum Gasteiger partial charge on any atom is -0.399 e. The quantitative estimate of drug-likeness (QED) is 0.622. The van der Waals surface area contributed by atoms with Crippen molar-refractivity contribution in [2.75, 3.05) is 11.1 Å². The van der Waals surface area contributed by atoms with E-state index in [0.29, 0.717) is 11.4 Å². The van der Waals surface area contributed by atoms with Gasteiger partial charge in [0.25, 0.3) is 5.91 Å². The Balaban J connectivity index is 1.91. The van der Waals surface area contributed by atoms with E-state index in [1.54, 1.807) is 6.07 Å². The van der Waals surface area contributed by atoms with Crippen molar-refractivity contribution in [3.8, 4) is 0 Å². The fourth-order valence-corrected chi connectivity index (χ4v) is 2.18. The molecule has 0 unspecified atom stereocenters. The molecule has 0 bridgehead atoms. The maximum Gasteiger partial charge on any atom is 0.272 e. The van der Waals surface area contributed by atoms with Gasteiger partial charge in [-0.1, -0.05) is 18.2 Å². The van der Waals surface area contributed by atoms with Crippen LogP contribution in [0.2, 0.25) is 0 Å². The molecule has 0 radical (unpaired) electrons. The van der Waals surface area contributed by atoms with Crippen molar-refractivity contribution >= 4 is 28.2 Å². The topological polar surface area (TPSA) is 70.9 Å². The van der Waals surface area contributed by atoms with E-state index in [2.05, 4.69) is 10.3 Å². The number of aromatic amines is 1. The largest absolute Gasteiger partial charge is 0.399 e. The van der Waals surface area contributed by atoms with E-state index < -0.39 is 0 Å². The summed E-state index contributed by atoms with van der Waals surface area (Å²) >= 11 is 0. The van der Waals surface area contributed by atoms with Gasteiger partial charge < -0.3 is 16.0 Å². The number of rotatable bonds is 2. The SMILES string of the molecule is Cc1ccccc1NC(=O)c1cc2cc(N)ccc2[nH]1. The lowest BCUT2D eigenvalue weighted by atomic mass is 10.2. The molecule has 4 N–H and O–H groups in total. The van der Waals surface area contributed by atoms with Gasteiger partial charge in [0, 0.05) is 22.3 Å². The van der Waals surface area contributed by atoms with Gasteiger partial charge >= 0.3 is 0 Å². The van der Waals surface area contributed by atoms with Gasteiger partial charge in [-0.05, 0) is 42.8 Å². The van der Waals surface area contributed by atoms with Crippen molar-refractivity contribution in [3.05, 3.63) is 59.8 Å². The summed E-state index contributed by atoms with van der Waals surface area (Å²) in [4.78, 5) is 15.3. The molecule has 1 amide bonds. The summed E-state index contributed by atoms with van der Waals surface area (Å²) in [5, 5.41) is 3.83. The van der Waals surface area contributed by atoms with Gasteiger partial charge in [0.05, 0.1) is 0 Å². The van der Waals surface area contributed by atoms with Gasteiger partial charge in [-0.15, -0.1) is 0 Å². The van der Waals surface area contributed by atoms with Crippen LogP contribution in [0.15, 0.2) is 48.5 Å². The summed E-state index contributed by atoms with van der Waals surface area (Å²) in [6.07, 6.45) is 0. The highest BCUT2D eigenvalue weighted by atomic mass is 16.1. The Bertz CT molecular complexity index is 789. The molecule has 1 aromatic heterocycles. The average molecular weight is 265 g/mol. The molecule has 1 heterocycles. The molecule has 0 fully saturated rings. The highest BCUT2D eigenvalue weighted by Crippen LogP contribution is 2.20. The molecular weight excluding hydrogens is 250 g/mol. The maximum absolute atomic E-state index is 12.2. The molecular formula is C16H15N3O. The van der Waals surface area contributed by atoms with Gasteiger partial charge in [-0.3, -0.25) is 4.79 Å². The van der Waals surface area contributed by atoms with Crippen molar-refractivity contribution in [3.63, 3.8) is 0 Å². The third kappa shape index (κ3) is 2.23. The van der Waals surface area contributed by atoms with Crippen LogP contribution in [0.5, 0.6) is 0 Å². The van der Waals surface area contributed by atoms with Crippen LogP contribution in [0.25, 0.3) is 10.9 Å². The van der Waals surface area contributed by atoms with Gasteiger partial charge in [0.2, 0.25) is 0 Å². The minimum atomic E-state index is -0.158. The van der Waals surface area contributed by atoms with E-state index in [4.69, 9.17) is 5.73 Å². The number of hydrogen-bond acceptors (Lipinski definition) is 2. The lowest BCUT2D eigenvalue weighted by Gasteiger charge is -2.06. The zero-order chi connectivity index (χ0) is 14.1. The summed E-state index contributed by atoms with van der Waals surface area (Å²) in [6.45, 7) is 1.96. The summed E-state index contributed by atoms with van der Waals surface area (Å²) < 4.78 is 0. The normalized spacial score (nSPS) is 10.7. The summed E-state index contributed by atoms with van der Waals surface area (Å²) in [5.74, 6) is -0.158. The third-order valence-corrected chi connectivity index (χ3v) is 3.28. The number of amides is 1. The lowest BCUT2D eigenvalue weighted by Crippen LogP contribution is -2.12. The Labute approximate surface area is 116 Å². The Kier molecular flexibility index (Phi) is 2.91. The Morgan fingerprint density at radius 3 is 2.75 bits per heavy atom. The zero-order valence-corrected chi connectivity index (χ0v) is 11.1. The van der Waals surface area contributed by atoms with Crippen molar-refractivity contribution in [1.82, 2.24) is 4.98 Å². The van der Waals surface area contributed by atoms with Crippen LogP contribution in [0, 0.1) is 6.92 Å². The Hall–Kier alpha value is -2.75. The molecule has 4 heteroatoms. The molecule has 0 aliphatic heterocycles. The summed E-state index contributed by atoms with van der Waals surface area (Å²) in [6, 6.07) is 15.0. The van der Waals surface area contributed by atoms with Crippen LogP contribution in [-0.2, 0) is 0 Å². The number of aromatic nitrogens is 1. The minimum absolute atomic E-state index is 0.158. The van der Waals surface area contributed by atoms with Gasteiger partial charge in [-0.25, -0.2) is 0 Å². The van der Waals surface area contributed by atoms with E-state index in [9.17, 15) is 4.79 Å². The first-order chi connectivity index (χ1) is 9.63. The Morgan fingerprint density at radius 1 is 1.15 bits per heavy atom. The number of benzene rings is 2. The van der Waals surface area contributed by atoms with Crippen molar-refractivity contribution < 1.29 is 4.79 Å². The third-order valence-electron chi connectivity index (χ3n) is 3.28. The maximum atomic E-state index is 12.2. The number of nitrogens with one attached hydrogen (secondary N) is 2. The van der Waals surface area contributed by atoms with Crippen LogP contribution in [0.3, 0.4) is 0 Å². The number of para-hydroxylation sites is 1. The van der Waals surface area contributed by atoms with Crippen LogP contribution in [-0.4, -0.2) is 10.9 Å². The molecule has 4 nitrogen and oxygen atoms in total. The van der Waals surface area contributed by atoms with Gasteiger partial charge in [0.1, 0.15) is 5.69 Å². The highest BCUT2D eigenvalue weighted by molar-refractivity contribution is 6.06. The number of hydrogen-bond donors (Lipinski definition) is 3. The number of aryl methyl sites for hydroxylation is 1. The van der Waals surface area contributed by atoms with Crippen LogP contribution in [0.1, 0.15) is 16.1 Å². The number of nitrogen functional groups attached to an aromatic ring is 1. The van der Waals surface area contributed by atoms with E-state index in [1.807, 2.05) is 49.4 Å². The molecule has 3 rings (SSSR count). The number of nitrogens with two attached hydrogens (primary N) is 1. The molecule has 0 saturated heterocycles. The molecule has 0 spiro atoms. The number of fused-ring (bicyclic) bond motifs is 1. The average Bonchev–Trinajstić information content (AvgIpc) is 2.84. The lowest BCUT2D eigenvalue weighted by molar-refractivity contribution is 0.102. The molecule has 100 valence electrons. The molecule has 0 saturated carbocycles. The number of H-pyrrole nitrogens is 1. The van der Waals surface area contributed by atoms with E-state index in [0.717, 1.165) is 22.2 Å². The molecule has 3 aromatic rings. The molecule has 20 heavy (non-hydrogen) atoms. The fraction of sp³-hybridized carbons (Fsp3) is 0.0625. The predicted molar refractivity (Wildman–Crippen MR) is 81.8 cm³/mol. The highest BCUT2D eigenvalue weighted by Gasteiger charge is 2.10. The number of carbonyl (C=O) groups excluding carboxylic acids is 1. The monoisotopic (exact) mass is 265 g/mol. The van der Waals surface area contributed by atoms with Crippen molar-refractivity contribution in [2.24, 2.45) is 0 Å². The molecule has 0 atom stereocenters. The second-order valence-corrected chi connectivity index (χ2v) is 4.80. The van der Waals surface area contributed by atoms with Crippen molar-refractivity contribution in [1.29, 1.82) is 0 Å². The van der Waals surface area contributed by atoms with Crippen LogP contribution < -0.4 is 11.1 Å². The van der Waals surface area contributed by atoms with E-state index >= 15 is 0 Å². The first-order valence-corrected chi connectivity index (χ1v) is 6.39. The smallest absolute Gasteiger partial charge is 0.272 e. The second-order valence-electron chi connectivity index (χ2n) is 4.80. The number of anilines is 2. The van der Waals surface area contributed by atoms with Crippen LogP contribution in [0.4, 0.5) is 11.4 Å².